The third-order valence-electron chi connectivity index (χ3n) is 4.91. The van der Waals surface area contributed by atoms with E-state index in [0.717, 1.165) is 22.3 Å². The molecule has 0 unspecified atom stereocenters. The van der Waals surface area contributed by atoms with E-state index >= 15 is 0 Å². The summed E-state index contributed by atoms with van der Waals surface area (Å²) in [6.45, 7) is -0.00684. The summed E-state index contributed by atoms with van der Waals surface area (Å²) in [5.41, 5.74) is 4.96. The Morgan fingerprint density at radius 2 is 1.73 bits per heavy atom. The second-order valence-corrected chi connectivity index (χ2v) is 6.70. The van der Waals surface area contributed by atoms with Crippen LogP contribution in [0, 0.1) is 11.3 Å². The van der Waals surface area contributed by atoms with E-state index in [9.17, 15) is 10.1 Å². The van der Waals surface area contributed by atoms with Crippen molar-refractivity contribution in [2.45, 2.75) is 0 Å². The molecule has 0 aliphatic carbocycles. The number of fused-ring (bicyclic) bond motifs is 1. The highest BCUT2D eigenvalue weighted by Gasteiger charge is 2.22. The number of hydrogen-bond donors (Lipinski definition) is 1. The molecule has 30 heavy (non-hydrogen) atoms. The number of anilines is 1. The Labute approximate surface area is 174 Å². The number of rotatable bonds is 4. The van der Waals surface area contributed by atoms with E-state index < -0.39 is 0 Å². The molecule has 1 amide bonds. The number of amides is 1. The van der Waals surface area contributed by atoms with Gasteiger partial charge in [-0.25, -0.2) is 0 Å². The van der Waals surface area contributed by atoms with Gasteiger partial charge in [-0.2, -0.15) is 5.26 Å². The molecule has 6 heteroatoms. The standard InChI is InChI=1S/C24H19N3O3/c1-29-21-9-4-3-8-17(21)18-11-19-20(12-22(18)30-2)27-23(28)14-26-24(19)16-7-5-6-15(10-16)13-25/h3-12H,14H2,1-2H3,(H,27,28). The van der Waals surface area contributed by atoms with E-state index in [1.807, 2.05) is 36.4 Å². The first kappa shape index (κ1) is 19.2. The van der Waals surface area contributed by atoms with Crippen LogP contribution in [0.5, 0.6) is 11.5 Å². The van der Waals surface area contributed by atoms with E-state index in [2.05, 4.69) is 16.4 Å². The molecular weight excluding hydrogens is 378 g/mol. The van der Waals surface area contributed by atoms with Gasteiger partial charge in [0.1, 0.15) is 18.0 Å². The number of hydrogen-bond acceptors (Lipinski definition) is 5. The predicted molar refractivity (Wildman–Crippen MR) is 115 cm³/mol. The third-order valence-corrected chi connectivity index (χ3v) is 4.91. The number of carbonyl (C=O) groups excluding carboxylic acids is 1. The Kier molecular flexibility index (Phi) is 5.19. The summed E-state index contributed by atoms with van der Waals surface area (Å²) in [4.78, 5) is 16.8. The number of benzodiazepines with no additional fused rings is 1. The normalized spacial score (nSPS) is 12.7. The fourth-order valence-corrected chi connectivity index (χ4v) is 3.53. The van der Waals surface area contributed by atoms with Crippen LogP contribution in [0.4, 0.5) is 5.69 Å². The number of nitrogens with one attached hydrogen (secondary N) is 1. The van der Waals surface area contributed by atoms with Gasteiger partial charge in [-0.05, 0) is 24.3 Å². The first-order chi connectivity index (χ1) is 14.6. The van der Waals surface area contributed by atoms with Crippen molar-refractivity contribution in [1.82, 2.24) is 0 Å². The Balaban J connectivity index is 1.97. The molecule has 1 aliphatic heterocycles. The summed E-state index contributed by atoms with van der Waals surface area (Å²) in [6.07, 6.45) is 0. The van der Waals surface area contributed by atoms with Crippen molar-refractivity contribution in [3.05, 3.63) is 77.4 Å². The summed E-state index contributed by atoms with van der Waals surface area (Å²) in [7, 11) is 3.21. The molecule has 4 rings (SSSR count). The number of carbonyl (C=O) groups is 1. The van der Waals surface area contributed by atoms with Crippen LogP contribution in [0.25, 0.3) is 11.1 Å². The molecule has 0 radical (unpaired) electrons. The monoisotopic (exact) mass is 397 g/mol. The van der Waals surface area contributed by atoms with Gasteiger partial charge in [0, 0.05) is 28.3 Å². The smallest absolute Gasteiger partial charge is 0.246 e. The molecule has 0 fully saturated rings. The Hall–Kier alpha value is -4.11. The zero-order chi connectivity index (χ0) is 21.1. The first-order valence-electron chi connectivity index (χ1n) is 9.35. The van der Waals surface area contributed by atoms with Crippen molar-refractivity contribution < 1.29 is 14.3 Å². The number of nitriles is 1. The lowest BCUT2D eigenvalue weighted by atomic mass is 9.94. The maximum Gasteiger partial charge on any atom is 0.246 e. The van der Waals surface area contributed by atoms with Gasteiger partial charge in [-0.1, -0.05) is 30.3 Å². The molecule has 3 aromatic carbocycles. The molecule has 1 aliphatic rings. The largest absolute Gasteiger partial charge is 0.496 e. The lowest BCUT2D eigenvalue weighted by Gasteiger charge is -2.17. The zero-order valence-corrected chi connectivity index (χ0v) is 16.6. The van der Waals surface area contributed by atoms with Crippen molar-refractivity contribution >= 4 is 17.3 Å². The van der Waals surface area contributed by atoms with Crippen LogP contribution in [0.1, 0.15) is 16.7 Å². The Morgan fingerprint density at radius 1 is 0.933 bits per heavy atom. The quantitative estimate of drug-likeness (QED) is 0.720. The topological polar surface area (TPSA) is 83.7 Å². The maximum atomic E-state index is 12.3. The fourth-order valence-electron chi connectivity index (χ4n) is 3.53. The Bertz CT molecular complexity index is 1210. The second-order valence-electron chi connectivity index (χ2n) is 6.70. The van der Waals surface area contributed by atoms with Crippen LogP contribution in [-0.2, 0) is 4.79 Å². The van der Waals surface area contributed by atoms with E-state index in [1.165, 1.54) is 0 Å². The van der Waals surface area contributed by atoms with E-state index in [0.29, 0.717) is 28.5 Å². The molecular formula is C24H19N3O3. The van der Waals surface area contributed by atoms with Gasteiger partial charge in [-0.3, -0.25) is 9.79 Å². The minimum atomic E-state index is -0.213. The molecule has 3 aromatic rings. The average Bonchev–Trinajstić information content (AvgIpc) is 2.95. The van der Waals surface area contributed by atoms with Crippen LogP contribution in [-0.4, -0.2) is 32.4 Å². The number of aliphatic imine (C=N–C) groups is 1. The lowest BCUT2D eigenvalue weighted by Crippen LogP contribution is -2.13. The average molecular weight is 397 g/mol. The van der Waals surface area contributed by atoms with Crippen LogP contribution in [0.2, 0.25) is 0 Å². The SMILES string of the molecule is COc1ccccc1-c1cc2c(cc1OC)NC(=O)CN=C2c1cccc(C#N)c1. The van der Waals surface area contributed by atoms with E-state index in [1.54, 1.807) is 38.5 Å². The van der Waals surface area contributed by atoms with Gasteiger partial charge >= 0.3 is 0 Å². The highest BCUT2D eigenvalue weighted by Crippen LogP contribution is 2.40. The van der Waals surface area contributed by atoms with Gasteiger partial charge in [0.15, 0.2) is 0 Å². The molecule has 1 N–H and O–H groups in total. The summed E-state index contributed by atoms with van der Waals surface area (Å²) >= 11 is 0. The summed E-state index contributed by atoms with van der Waals surface area (Å²) in [5, 5.41) is 12.2. The highest BCUT2D eigenvalue weighted by molar-refractivity contribution is 6.20. The van der Waals surface area contributed by atoms with Crippen molar-refractivity contribution in [1.29, 1.82) is 5.26 Å². The number of benzene rings is 3. The number of methoxy groups -OCH3 is 2. The van der Waals surface area contributed by atoms with Crippen LogP contribution in [0.3, 0.4) is 0 Å². The zero-order valence-electron chi connectivity index (χ0n) is 16.6. The number of nitrogens with zero attached hydrogens (tertiary/aromatic N) is 2. The Morgan fingerprint density at radius 3 is 2.50 bits per heavy atom. The molecule has 0 saturated heterocycles. The van der Waals surface area contributed by atoms with E-state index in [4.69, 9.17) is 9.47 Å². The van der Waals surface area contributed by atoms with Gasteiger partial charge in [0.25, 0.3) is 0 Å². The second kappa shape index (κ2) is 8.10. The van der Waals surface area contributed by atoms with Crippen molar-refractivity contribution in [2.24, 2.45) is 4.99 Å². The maximum absolute atomic E-state index is 12.3. The molecule has 0 atom stereocenters. The van der Waals surface area contributed by atoms with Crippen LogP contribution in [0.15, 0.2) is 65.7 Å². The highest BCUT2D eigenvalue weighted by atomic mass is 16.5. The summed E-state index contributed by atoms with van der Waals surface area (Å²) in [6, 6.07) is 20.7. The summed E-state index contributed by atoms with van der Waals surface area (Å²) in [5.74, 6) is 1.10. The number of para-hydroxylation sites is 1. The van der Waals surface area contributed by atoms with Crippen molar-refractivity contribution in [2.75, 3.05) is 26.1 Å². The molecule has 0 spiro atoms. The van der Waals surface area contributed by atoms with Crippen LogP contribution < -0.4 is 14.8 Å². The summed E-state index contributed by atoms with van der Waals surface area (Å²) < 4.78 is 11.2. The molecule has 1 heterocycles. The van der Waals surface area contributed by atoms with Gasteiger partial charge in [0.05, 0.1) is 37.3 Å². The van der Waals surface area contributed by atoms with Gasteiger partial charge in [0.2, 0.25) is 5.91 Å². The molecule has 0 saturated carbocycles. The van der Waals surface area contributed by atoms with Gasteiger partial charge < -0.3 is 14.8 Å². The molecule has 6 nitrogen and oxygen atoms in total. The van der Waals surface area contributed by atoms with Crippen molar-refractivity contribution in [3.63, 3.8) is 0 Å². The van der Waals surface area contributed by atoms with Gasteiger partial charge in [-0.15, -0.1) is 0 Å². The predicted octanol–water partition coefficient (Wildman–Crippen LogP) is 4.03. The van der Waals surface area contributed by atoms with Crippen LogP contribution >= 0.6 is 0 Å². The minimum Gasteiger partial charge on any atom is -0.496 e. The first-order valence-corrected chi connectivity index (χ1v) is 9.35. The van der Waals surface area contributed by atoms with Crippen molar-refractivity contribution in [3.8, 4) is 28.7 Å². The lowest BCUT2D eigenvalue weighted by molar-refractivity contribution is -0.114. The molecule has 148 valence electrons. The molecule has 0 aromatic heterocycles. The van der Waals surface area contributed by atoms with E-state index in [-0.39, 0.29) is 12.5 Å². The molecule has 0 bridgehead atoms. The fraction of sp³-hybridized carbons (Fsp3) is 0.125. The third kappa shape index (κ3) is 3.49. The minimum absolute atomic E-state index is 0.00684. The number of ether oxygens (including phenoxy) is 2.